The van der Waals surface area contributed by atoms with Crippen LogP contribution in [-0.4, -0.2) is 4.92 Å². The van der Waals surface area contributed by atoms with Crippen LogP contribution in [0.2, 0.25) is 0 Å². The van der Waals surface area contributed by atoms with Crippen molar-refractivity contribution >= 4 is 39.1 Å². The van der Waals surface area contributed by atoms with Crippen LogP contribution in [0.1, 0.15) is 0 Å². The summed E-state index contributed by atoms with van der Waals surface area (Å²) >= 11 is 2.22. The first-order chi connectivity index (χ1) is 6.66. The molecule has 0 radical (unpaired) electrons. The number of non-ortho nitro benzene ring substituents is 1. The Morgan fingerprint density at radius 1 is 1.07 bits per heavy atom. The zero-order valence-electron chi connectivity index (χ0n) is 7.11. The number of fused-ring (bicyclic) bond motifs is 1. The fourth-order valence-electron chi connectivity index (χ4n) is 1.32. The average Bonchev–Trinajstić information content (AvgIpc) is 2.16. The van der Waals surface area contributed by atoms with Gasteiger partial charge in [-0.1, -0.05) is 6.07 Å². The summed E-state index contributed by atoms with van der Waals surface area (Å²) < 4.78 is 1.13. The molecule has 0 unspecified atom stereocenters. The Hall–Kier alpha value is -1.17. The molecule has 2 aromatic carbocycles. The molecule has 0 amide bonds. The summed E-state index contributed by atoms with van der Waals surface area (Å²) in [5.41, 5.74) is 0.138. The van der Waals surface area contributed by atoms with Crippen molar-refractivity contribution in [1.82, 2.24) is 0 Å². The van der Waals surface area contributed by atoms with Gasteiger partial charge in [-0.25, -0.2) is 0 Å². The largest absolute Gasteiger partial charge is 0.270 e. The van der Waals surface area contributed by atoms with Crippen LogP contribution in [0.4, 0.5) is 5.69 Å². The molecule has 0 atom stereocenters. The lowest BCUT2D eigenvalue weighted by molar-refractivity contribution is -0.384. The molecule has 2 rings (SSSR count). The summed E-state index contributed by atoms with van der Waals surface area (Å²) in [6.45, 7) is 0. The Morgan fingerprint density at radius 2 is 1.71 bits per heavy atom. The topological polar surface area (TPSA) is 43.1 Å². The molecular weight excluding hydrogens is 293 g/mol. The minimum atomic E-state index is -0.378. The molecule has 14 heavy (non-hydrogen) atoms. The fraction of sp³-hybridized carbons (Fsp3) is 0. The van der Waals surface area contributed by atoms with Crippen molar-refractivity contribution in [3.63, 3.8) is 0 Å². The minimum absolute atomic E-state index is 0.138. The van der Waals surface area contributed by atoms with E-state index in [0.717, 1.165) is 14.3 Å². The molecule has 70 valence electrons. The van der Waals surface area contributed by atoms with Gasteiger partial charge in [0, 0.05) is 15.7 Å². The molecule has 0 heterocycles. The van der Waals surface area contributed by atoms with Crippen LogP contribution < -0.4 is 0 Å². The maximum absolute atomic E-state index is 10.5. The van der Waals surface area contributed by atoms with E-state index in [4.69, 9.17) is 0 Å². The van der Waals surface area contributed by atoms with E-state index in [-0.39, 0.29) is 10.6 Å². The SMILES string of the molecule is O=[N+]([O-])c1ccc2cc(I)ccc2c1. The first kappa shape index (κ1) is 9.39. The Morgan fingerprint density at radius 3 is 2.43 bits per heavy atom. The van der Waals surface area contributed by atoms with E-state index >= 15 is 0 Å². The van der Waals surface area contributed by atoms with E-state index in [0.29, 0.717) is 0 Å². The van der Waals surface area contributed by atoms with Gasteiger partial charge in [-0.05, 0) is 51.6 Å². The molecule has 0 saturated heterocycles. The van der Waals surface area contributed by atoms with Crippen LogP contribution >= 0.6 is 22.6 Å². The monoisotopic (exact) mass is 299 g/mol. The van der Waals surface area contributed by atoms with Gasteiger partial charge < -0.3 is 0 Å². The van der Waals surface area contributed by atoms with E-state index in [2.05, 4.69) is 22.6 Å². The smallest absolute Gasteiger partial charge is 0.258 e. The zero-order valence-corrected chi connectivity index (χ0v) is 9.26. The zero-order chi connectivity index (χ0) is 10.1. The number of rotatable bonds is 1. The molecule has 0 aliphatic rings. The van der Waals surface area contributed by atoms with Gasteiger partial charge in [0.1, 0.15) is 0 Å². The minimum Gasteiger partial charge on any atom is -0.258 e. The van der Waals surface area contributed by atoms with Crippen molar-refractivity contribution in [2.45, 2.75) is 0 Å². The van der Waals surface area contributed by atoms with Crippen molar-refractivity contribution in [3.05, 3.63) is 50.1 Å². The third-order valence-electron chi connectivity index (χ3n) is 2.00. The third kappa shape index (κ3) is 1.70. The highest BCUT2D eigenvalue weighted by atomic mass is 127. The predicted molar refractivity (Wildman–Crippen MR) is 63.3 cm³/mol. The maximum Gasteiger partial charge on any atom is 0.270 e. The number of nitro benzene ring substituents is 1. The van der Waals surface area contributed by atoms with Crippen LogP contribution in [0, 0.1) is 13.7 Å². The number of nitrogens with zero attached hydrogens (tertiary/aromatic N) is 1. The second-order valence-electron chi connectivity index (χ2n) is 2.93. The van der Waals surface area contributed by atoms with Crippen molar-refractivity contribution in [3.8, 4) is 0 Å². The van der Waals surface area contributed by atoms with E-state index < -0.39 is 0 Å². The molecule has 0 aliphatic carbocycles. The summed E-state index contributed by atoms with van der Waals surface area (Å²) in [7, 11) is 0. The van der Waals surface area contributed by atoms with E-state index in [9.17, 15) is 10.1 Å². The second-order valence-corrected chi connectivity index (χ2v) is 4.18. The van der Waals surface area contributed by atoms with Gasteiger partial charge in [0.2, 0.25) is 0 Å². The number of hydrogen-bond donors (Lipinski definition) is 0. The molecular formula is C10H6INO2. The Labute approximate surface area is 94.0 Å². The predicted octanol–water partition coefficient (Wildman–Crippen LogP) is 3.35. The molecule has 0 bridgehead atoms. The van der Waals surface area contributed by atoms with Gasteiger partial charge in [-0.2, -0.15) is 0 Å². The highest BCUT2D eigenvalue weighted by molar-refractivity contribution is 14.1. The molecule has 4 heteroatoms. The van der Waals surface area contributed by atoms with Crippen LogP contribution in [0.5, 0.6) is 0 Å². The van der Waals surface area contributed by atoms with Gasteiger partial charge in [0.25, 0.3) is 5.69 Å². The van der Waals surface area contributed by atoms with Gasteiger partial charge in [-0.3, -0.25) is 10.1 Å². The highest BCUT2D eigenvalue weighted by Gasteiger charge is 2.05. The molecule has 0 aromatic heterocycles. The van der Waals surface area contributed by atoms with Crippen LogP contribution in [0.25, 0.3) is 10.8 Å². The normalized spacial score (nSPS) is 10.4. The summed E-state index contributed by atoms with van der Waals surface area (Å²) in [6, 6.07) is 10.7. The summed E-state index contributed by atoms with van der Waals surface area (Å²) in [4.78, 5) is 10.1. The lowest BCUT2D eigenvalue weighted by Gasteiger charge is -1.98. The third-order valence-corrected chi connectivity index (χ3v) is 2.67. The number of benzene rings is 2. The summed E-state index contributed by atoms with van der Waals surface area (Å²) in [6.07, 6.45) is 0. The number of nitro groups is 1. The van der Waals surface area contributed by atoms with Crippen LogP contribution in [-0.2, 0) is 0 Å². The Balaban J connectivity index is 2.67. The lowest BCUT2D eigenvalue weighted by Crippen LogP contribution is -1.87. The van der Waals surface area contributed by atoms with Crippen LogP contribution in [0.15, 0.2) is 36.4 Å². The summed E-state index contributed by atoms with van der Waals surface area (Å²) in [5, 5.41) is 12.4. The molecule has 0 saturated carbocycles. The molecule has 0 spiro atoms. The maximum atomic E-state index is 10.5. The highest BCUT2D eigenvalue weighted by Crippen LogP contribution is 2.22. The standard InChI is InChI=1S/C10H6INO2/c11-9-3-1-8-6-10(12(13)14)4-2-7(8)5-9/h1-6H. The molecule has 0 fully saturated rings. The first-order valence-corrected chi connectivity index (χ1v) is 5.08. The van der Waals surface area contributed by atoms with Crippen molar-refractivity contribution < 1.29 is 4.92 Å². The molecule has 0 aliphatic heterocycles. The fourth-order valence-corrected chi connectivity index (χ4v) is 1.83. The van der Waals surface area contributed by atoms with Crippen molar-refractivity contribution in [1.29, 1.82) is 0 Å². The molecule has 0 N–H and O–H groups in total. The average molecular weight is 299 g/mol. The summed E-state index contributed by atoms with van der Waals surface area (Å²) in [5.74, 6) is 0. The van der Waals surface area contributed by atoms with Gasteiger partial charge in [-0.15, -0.1) is 0 Å². The van der Waals surface area contributed by atoms with Gasteiger partial charge in [0.15, 0.2) is 0 Å². The van der Waals surface area contributed by atoms with E-state index in [1.165, 1.54) is 6.07 Å². The lowest BCUT2D eigenvalue weighted by atomic mass is 10.1. The van der Waals surface area contributed by atoms with E-state index in [1.54, 1.807) is 12.1 Å². The second kappa shape index (κ2) is 3.53. The Kier molecular flexibility index (Phi) is 2.37. The van der Waals surface area contributed by atoms with Crippen molar-refractivity contribution in [2.75, 3.05) is 0 Å². The quantitative estimate of drug-likeness (QED) is 0.460. The van der Waals surface area contributed by atoms with Gasteiger partial charge >= 0.3 is 0 Å². The van der Waals surface area contributed by atoms with Crippen LogP contribution in [0.3, 0.4) is 0 Å². The molecule has 2 aromatic rings. The molecule has 3 nitrogen and oxygen atoms in total. The van der Waals surface area contributed by atoms with Crippen molar-refractivity contribution in [2.24, 2.45) is 0 Å². The number of hydrogen-bond acceptors (Lipinski definition) is 2. The first-order valence-electron chi connectivity index (χ1n) is 4.00. The van der Waals surface area contributed by atoms with Gasteiger partial charge in [0.05, 0.1) is 4.92 Å². The number of halogens is 1. The van der Waals surface area contributed by atoms with E-state index in [1.807, 2.05) is 18.2 Å². The Bertz CT molecular complexity index is 510.